The maximum absolute atomic E-state index is 3.60. The molecule has 1 aromatic carbocycles. The van der Waals surface area contributed by atoms with E-state index < -0.39 is 0 Å². The van der Waals surface area contributed by atoms with Crippen molar-refractivity contribution in [1.82, 2.24) is 5.32 Å². The van der Waals surface area contributed by atoms with Crippen molar-refractivity contribution in [2.75, 3.05) is 6.54 Å². The molecule has 0 aliphatic rings. The Morgan fingerprint density at radius 3 is 2.44 bits per heavy atom. The fourth-order valence-electron chi connectivity index (χ4n) is 1.92. The van der Waals surface area contributed by atoms with Crippen molar-refractivity contribution in [2.24, 2.45) is 5.92 Å². The fourth-order valence-corrected chi connectivity index (χ4v) is 1.92. The smallest absolute Gasteiger partial charge is 0.0294 e. The number of hydrogen-bond acceptors (Lipinski definition) is 1. The Bertz CT molecular complexity index is 328. The zero-order valence-electron chi connectivity index (χ0n) is 11.3. The molecular weight excluding hydrogens is 194 g/mol. The second kappa shape index (κ2) is 6.05. The lowest BCUT2D eigenvalue weighted by molar-refractivity contribution is 0.496. The Kier molecular flexibility index (Phi) is 5.01. The first-order valence-corrected chi connectivity index (χ1v) is 6.31. The lowest BCUT2D eigenvalue weighted by Gasteiger charge is -2.18. The van der Waals surface area contributed by atoms with Gasteiger partial charge in [0.15, 0.2) is 0 Å². The molecule has 0 bridgehead atoms. The molecule has 1 atom stereocenters. The second-order valence-electron chi connectivity index (χ2n) is 5.22. The molecule has 0 heterocycles. The van der Waals surface area contributed by atoms with Crippen LogP contribution in [-0.4, -0.2) is 6.54 Å². The highest BCUT2D eigenvalue weighted by molar-refractivity contribution is 5.32. The van der Waals surface area contributed by atoms with E-state index in [1.165, 1.54) is 23.1 Å². The third-order valence-electron chi connectivity index (χ3n) is 3.07. The van der Waals surface area contributed by atoms with Gasteiger partial charge in [0.2, 0.25) is 0 Å². The van der Waals surface area contributed by atoms with Crippen molar-refractivity contribution >= 4 is 0 Å². The molecule has 0 spiro atoms. The van der Waals surface area contributed by atoms with Gasteiger partial charge in [0, 0.05) is 6.04 Å². The maximum Gasteiger partial charge on any atom is 0.0294 e. The third kappa shape index (κ3) is 3.97. The summed E-state index contributed by atoms with van der Waals surface area (Å²) in [6.45, 7) is 12.2. The van der Waals surface area contributed by atoms with Gasteiger partial charge in [0.05, 0.1) is 0 Å². The van der Waals surface area contributed by atoms with E-state index >= 15 is 0 Å². The van der Waals surface area contributed by atoms with Crippen LogP contribution in [0.3, 0.4) is 0 Å². The van der Waals surface area contributed by atoms with Crippen LogP contribution in [0.1, 0.15) is 49.9 Å². The average Bonchev–Trinajstić information content (AvgIpc) is 2.21. The molecule has 1 aromatic rings. The van der Waals surface area contributed by atoms with Crippen molar-refractivity contribution in [3.05, 3.63) is 34.9 Å². The van der Waals surface area contributed by atoms with Gasteiger partial charge in [-0.1, -0.05) is 37.6 Å². The Balaban J connectivity index is 2.58. The van der Waals surface area contributed by atoms with Gasteiger partial charge in [-0.05, 0) is 50.8 Å². The summed E-state index contributed by atoms with van der Waals surface area (Å²) in [6.07, 6.45) is 1.25. The van der Waals surface area contributed by atoms with Crippen LogP contribution in [0.4, 0.5) is 0 Å². The summed E-state index contributed by atoms with van der Waals surface area (Å²) in [7, 11) is 0. The molecule has 0 saturated heterocycles. The molecule has 1 unspecified atom stereocenters. The molecule has 1 nitrogen and oxygen atoms in total. The quantitative estimate of drug-likeness (QED) is 0.789. The zero-order chi connectivity index (χ0) is 12.1. The van der Waals surface area contributed by atoms with Crippen molar-refractivity contribution in [1.29, 1.82) is 0 Å². The summed E-state index contributed by atoms with van der Waals surface area (Å²) in [6, 6.07) is 7.14. The molecule has 0 amide bonds. The van der Waals surface area contributed by atoms with Crippen LogP contribution in [-0.2, 0) is 0 Å². The Hall–Kier alpha value is -0.820. The number of benzene rings is 1. The van der Waals surface area contributed by atoms with Crippen LogP contribution in [0.2, 0.25) is 0 Å². The van der Waals surface area contributed by atoms with E-state index in [1.54, 1.807) is 0 Å². The van der Waals surface area contributed by atoms with E-state index in [0.717, 1.165) is 12.5 Å². The average molecular weight is 219 g/mol. The molecule has 0 aliphatic carbocycles. The normalized spacial score (nSPS) is 13.1. The second-order valence-corrected chi connectivity index (χ2v) is 5.22. The van der Waals surface area contributed by atoms with Gasteiger partial charge in [-0.25, -0.2) is 0 Å². The van der Waals surface area contributed by atoms with Crippen LogP contribution in [0, 0.1) is 19.8 Å². The molecule has 16 heavy (non-hydrogen) atoms. The first-order valence-electron chi connectivity index (χ1n) is 6.31. The Morgan fingerprint density at radius 2 is 1.81 bits per heavy atom. The van der Waals surface area contributed by atoms with Crippen LogP contribution >= 0.6 is 0 Å². The highest BCUT2D eigenvalue weighted by Crippen LogP contribution is 2.18. The van der Waals surface area contributed by atoms with E-state index in [2.05, 4.69) is 58.1 Å². The number of rotatable bonds is 5. The van der Waals surface area contributed by atoms with Crippen molar-refractivity contribution in [3.63, 3.8) is 0 Å². The molecule has 1 heteroatoms. The minimum absolute atomic E-state index is 0.457. The molecule has 1 N–H and O–H groups in total. The highest BCUT2D eigenvalue weighted by Gasteiger charge is 2.07. The third-order valence-corrected chi connectivity index (χ3v) is 3.07. The maximum atomic E-state index is 3.60. The molecule has 90 valence electrons. The van der Waals surface area contributed by atoms with Gasteiger partial charge in [0.1, 0.15) is 0 Å². The van der Waals surface area contributed by atoms with Crippen LogP contribution < -0.4 is 5.32 Å². The molecule has 0 aliphatic heterocycles. The van der Waals surface area contributed by atoms with Crippen molar-refractivity contribution in [3.8, 4) is 0 Å². The summed E-state index contributed by atoms with van der Waals surface area (Å²) in [5.74, 6) is 0.776. The van der Waals surface area contributed by atoms with E-state index in [1.807, 2.05) is 0 Å². The van der Waals surface area contributed by atoms with E-state index in [-0.39, 0.29) is 0 Å². The highest BCUT2D eigenvalue weighted by atomic mass is 14.9. The SMILES string of the molecule is Cc1ccc(C)c(C(C)NCCC(C)C)c1. The van der Waals surface area contributed by atoms with Crippen molar-refractivity contribution in [2.45, 2.75) is 47.1 Å². The molecule has 0 saturated carbocycles. The van der Waals surface area contributed by atoms with E-state index in [9.17, 15) is 0 Å². The lowest BCUT2D eigenvalue weighted by atomic mass is 10.00. The predicted molar refractivity (Wildman–Crippen MR) is 71.8 cm³/mol. The van der Waals surface area contributed by atoms with Gasteiger partial charge in [-0.3, -0.25) is 0 Å². The lowest BCUT2D eigenvalue weighted by Crippen LogP contribution is -2.21. The number of aryl methyl sites for hydroxylation is 2. The first-order chi connectivity index (χ1) is 7.50. The van der Waals surface area contributed by atoms with Crippen LogP contribution in [0.15, 0.2) is 18.2 Å². The van der Waals surface area contributed by atoms with E-state index in [0.29, 0.717) is 6.04 Å². The molecule has 0 fully saturated rings. The van der Waals surface area contributed by atoms with E-state index in [4.69, 9.17) is 0 Å². The summed E-state index contributed by atoms with van der Waals surface area (Å²) in [4.78, 5) is 0. The Labute approximate surface area is 100 Å². The zero-order valence-corrected chi connectivity index (χ0v) is 11.3. The first kappa shape index (κ1) is 13.2. The summed E-state index contributed by atoms with van der Waals surface area (Å²) in [5, 5.41) is 3.60. The van der Waals surface area contributed by atoms with Gasteiger partial charge in [0.25, 0.3) is 0 Å². The van der Waals surface area contributed by atoms with Gasteiger partial charge >= 0.3 is 0 Å². The van der Waals surface area contributed by atoms with Gasteiger partial charge < -0.3 is 5.32 Å². The molecular formula is C15H25N. The monoisotopic (exact) mass is 219 g/mol. The minimum Gasteiger partial charge on any atom is -0.310 e. The van der Waals surface area contributed by atoms with Crippen LogP contribution in [0.25, 0.3) is 0 Å². The fraction of sp³-hybridized carbons (Fsp3) is 0.600. The summed E-state index contributed by atoms with van der Waals surface area (Å²) >= 11 is 0. The van der Waals surface area contributed by atoms with Crippen LogP contribution in [0.5, 0.6) is 0 Å². The van der Waals surface area contributed by atoms with Gasteiger partial charge in [-0.2, -0.15) is 0 Å². The topological polar surface area (TPSA) is 12.0 Å². The Morgan fingerprint density at radius 1 is 1.12 bits per heavy atom. The summed E-state index contributed by atoms with van der Waals surface area (Å²) < 4.78 is 0. The van der Waals surface area contributed by atoms with Crippen molar-refractivity contribution < 1.29 is 0 Å². The summed E-state index contributed by atoms with van der Waals surface area (Å²) in [5.41, 5.74) is 4.16. The predicted octanol–water partition coefficient (Wildman–Crippen LogP) is 4.00. The van der Waals surface area contributed by atoms with Gasteiger partial charge in [-0.15, -0.1) is 0 Å². The largest absolute Gasteiger partial charge is 0.310 e. The molecule has 0 aromatic heterocycles. The molecule has 0 radical (unpaired) electrons. The number of hydrogen-bond donors (Lipinski definition) is 1. The molecule has 1 rings (SSSR count). The minimum atomic E-state index is 0.457. The standard InChI is InChI=1S/C15H25N/c1-11(2)8-9-16-14(5)15-10-12(3)6-7-13(15)4/h6-7,10-11,14,16H,8-9H2,1-5H3. The number of nitrogens with one attached hydrogen (secondary N) is 1.